The molecule has 0 heterocycles. The van der Waals surface area contributed by atoms with Crippen LogP contribution < -0.4 is 16.2 Å². The van der Waals surface area contributed by atoms with Crippen LogP contribution >= 0.6 is 11.6 Å². The van der Waals surface area contributed by atoms with Gasteiger partial charge in [0.15, 0.2) is 0 Å². The van der Waals surface area contributed by atoms with Crippen molar-refractivity contribution in [3.05, 3.63) is 28.5 Å². The van der Waals surface area contributed by atoms with Crippen LogP contribution in [0.3, 0.4) is 0 Å². The Morgan fingerprint density at radius 3 is 2.67 bits per heavy atom. The third kappa shape index (κ3) is 2.37. The largest absolute Gasteiger partial charge is 0.495 e. The normalized spacial score (nSPS) is 12.3. The molecule has 0 bridgehead atoms. The molecule has 0 radical (unpaired) electrons. The molecule has 1 unspecified atom stereocenters. The Morgan fingerprint density at radius 1 is 1.60 bits per heavy atom. The van der Waals surface area contributed by atoms with Gasteiger partial charge in [0.1, 0.15) is 17.6 Å². The van der Waals surface area contributed by atoms with Gasteiger partial charge in [-0.3, -0.25) is 4.79 Å². The Hall–Kier alpha value is -1.33. The number of rotatable bonds is 3. The van der Waals surface area contributed by atoms with Crippen LogP contribution in [0.25, 0.3) is 0 Å². The van der Waals surface area contributed by atoms with Crippen LogP contribution in [0.1, 0.15) is 11.6 Å². The molecule has 1 aromatic carbocycles. The van der Waals surface area contributed by atoms with Crippen molar-refractivity contribution in [3.63, 3.8) is 0 Å². The first-order chi connectivity index (χ1) is 6.97. The number of benzene rings is 1. The van der Waals surface area contributed by atoms with Crippen molar-refractivity contribution in [2.75, 3.05) is 7.11 Å². The minimum Gasteiger partial charge on any atom is -0.495 e. The highest BCUT2D eigenvalue weighted by Gasteiger charge is 2.19. The van der Waals surface area contributed by atoms with E-state index >= 15 is 0 Å². The van der Waals surface area contributed by atoms with E-state index in [-0.39, 0.29) is 16.3 Å². The van der Waals surface area contributed by atoms with Crippen molar-refractivity contribution in [1.29, 1.82) is 0 Å². The van der Waals surface area contributed by atoms with Crippen molar-refractivity contribution >= 4 is 17.5 Å². The van der Waals surface area contributed by atoms with Gasteiger partial charge in [0, 0.05) is 5.56 Å². The first-order valence-electron chi connectivity index (χ1n) is 4.05. The second kappa shape index (κ2) is 4.46. The van der Waals surface area contributed by atoms with Gasteiger partial charge in [0.2, 0.25) is 5.91 Å². The molecule has 0 fully saturated rings. The summed E-state index contributed by atoms with van der Waals surface area (Å²) in [6.45, 7) is 0. The Labute approximate surface area is 90.9 Å². The zero-order chi connectivity index (χ0) is 11.6. The van der Waals surface area contributed by atoms with Crippen LogP contribution in [0, 0.1) is 5.82 Å². The number of carbonyl (C=O) groups excluding carboxylic acids is 1. The predicted molar refractivity (Wildman–Crippen MR) is 54.1 cm³/mol. The van der Waals surface area contributed by atoms with Crippen molar-refractivity contribution in [2.45, 2.75) is 6.04 Å². The highest BCUT2D eigenvalue weighted by atomic mass is 35.5. The molecule has 15 heavy (non-hydrogen) atoms. The summed E-state index contributed by atoms with van der Waals surface area (Å²) in [5.74, 6) is -1.27. The topological polar surface area (TPSA) is 78.3 Å². The summed E-state index contributed by atoms with van der Waals surface area (Å²) in [7, 11) is 1.37. The number of hydrogen-bond donors (Lipinski definition) is 2. The molecular formula is C9H10ClFN2O2. The van der Waals surface area contributed by atoms with Gasteiger partial charge in [-0.1, -0.05) is 11.6 Å². The summed E-state index contributed by atoms with van der Waals surface area (Å²) >= 11 is 5.66. The quantitative estimate of drug-likeness (QED) is 0.815. The predicted octanol–water partition coefficient (Wildman–Crippen LogP) is 0.973. The molecule has 1 rings (SSSR count). The third-order valence-electron chi connectivity index (χ3n) is 1.91. The number of amides is 1. The first kappa shape index (κ1) is 11.7. The first-order valence-corrected chi connectivity index (χ1v) is 4.43. The molecule has 0 saturated heterocycles. The highest BCUT2D eigenvalue weighted by molar-refractivity contribution is 6.32. The summed E-state index contributed by atoms with van der Waals surface area (Å²) in [5.41, 5.74) is 10.3. The van der Waals surface area contributed by atoms with E-state index in [0.717, 1.165) is 6.07 Å². The van der Waals surface area contributed by atoms with Gasteiger partial charge >= 0.3 is 0 Å². The van der Waals surface area contributed by atoms with E-state index in [4.69, 9.17) is 27.8 Å². The minimum absolute atomic E-state index is 0.0382. The Balaban J connectivity index is 3.24. The fraction of sp³-hybridized carbons (Fsp3) is 0.222. The van der Waals surface area contributed by atoms with Gasteiger partial charge in [-0.05, 0) is 12.1 Å². The van der Waals surface area contributed by atoms with Gasteiger partial charge in [0.05, 0.1) is 12.1 Å². The van der Waals surface area contributed by atoms with E-state index in [9.17, 15) is 9.18 Å². The molecule has 0 aliphatic heterocycles. The lowest BCUT2D eigenvalue weighted by Gasteiger charge is -2.11. The molecule has 4 nitrogen and oxygen atoms in total. The average Bonchev–Trinajstić information content (AvgIpc) is 2.17. The van der Waals surface area contributed by atoms with Crippen LogP contribution in [0.15, 0.2) is 12.1 Å². The molecule has 1 atom stereocenters. The van der Waals surface area contributed by atoms with E-state index < -0.39 is 17.8 Å². The Morgan fingerprint density at radius 2 is 2.20 bits per heavy atom. The number of primary amides is 1. The maximum Gasteiger partial charge on any atom is 0.239 e. The van der Waals surface area contributed by atoms with Crippen molar-refractivity contribution in [2.24, 2.45) is 11.5 Å². The smallest absolute Gasteiger partial charge is 0.239 e. The van der Waals surface area contributed by atoms with Crippen LogP contribution in [0.5, 0.6) is 5.75 Å². The molecule has 4 N–H and O–H groups in total. The minimum atomic E-state index is -1.21. The second-order valence-electron chi connectivity index (χ2n) is 2.89. The van der Waals surface area contributed by atoms with Gasteiger partial charge in [-0.15, -0.1) is 0 Å². The van der Waals surface area contributed by atoms with Gasteiger partial charge in [0.25, 0.3) is 0 Å². The lowest BCUT2D eigenvalue weighted by atomic mass is 10.1. The number of methoxy groups -OCH3 is 1. The standard InChI is InChI=1S/C9H10ClFN2O2/c1-15-7-2-4(8(12)9(13)14)6(11)3-5(7)10/h2-3,8H,12H2,1H3,(H2,13,14). The second-order valence-corrected chi connectivity index (χ2v) is 3.30. The summed E-state index contributed by atoms with van der Waals surface area (Å²) in [5, 5.41) is 0.107. The SMILES string of the molecule is COc1cc(C(N)C(N)=O)c(F)cc1Cl. The van der Waals surface area contributed by atoms with Gasteiger partial charge < -0.3 is 16.2 Å². The maximum absolute atomic E-state index is 13.3. The number of hydrogen-bond acceptors (Lipinski definition) is 3. The monoisotopic (exact) mass is 232 g/mol. The van der Waals surface area contributed by atoms with Gasteiger partial charge in [-0.2, -0.15) is 0 Å². The number of ether oxygens (including phenoxy) is 1. The fourth-order valence-electron chi connectivity index (χ4n) is 1.09. The molecule has 82 valence electrons. The number of carbonyl (C=O) groups is 1. The molecule has 0 spiro atoms. The number of halogens is 2. The molecule has 1 amide bonds. The van der Waals surface area contributed by atoms with Crippen LogP contribution in [0.2, 0.25) is 5.02 Å². The lowest BCUT2D eigenvalue weighted by molar-refractivity contribution is -0.119. The van der Waals surface area contributed by atoms with Crippen LogP contribution in [-0.4, -0.2) is 13.0 Å². The Bertz CT molecular complexity index is 398. The molecule has 0 aromatic heterocycles. The maximum atomic E-state index is 13.3. The fourth-order valence-corrected chi connectivity index (χ4v) is 1.32. The molecule has 0 aliphatic rings. The molecule has 0 saturated carbocycles. The van der Waals surface area contributed by atoms with E-state index in [1.807, 2.05) is 0 Å². The summed E-state index contributed by atoms with van der Waals surface area (Å²) in [6.07, 6.45) is 0. The lowest BCUT2D eigenvalue weighted by Crippen LogP contribution is -2.29. The van der Waals surface area contributed by atoms with Gasteiger partial charge in [-0.25, -0.2) is 4.39 Å². The summed E-state index contributed by atoms with van der Waals surface area (Å²) in [6, 6.07) is 1.07. The highest BCUT2D eigenvalue weighted by Crippen LogP contribution is 2.29. The van der Waals surface area contributed by atoms with Crippen molar-refractivity contribution in [1.82, 2.24) is 0 Å². The van der Waals surface area contributed by atoms with E-state index in [0.29, 0.717) is 0 Å². The van der Waals surface area contributed by atoms with Crippen LogP contribution in [0.4, 0.5) is 4.39 Å². The molecule has 0 aliphatic carbocycles. The molecular weight excluding hydrogens is 223 g/mol. The summed E-state index contributed by atoms with van der Waals surface area (Å²) in [4.78, 5) is 10.8. The molecule has 6 heteroatoms. The van der Waals surface area contributed by atoms with E-state index in [2.05, 4.69) is 0 Å². The van der Waals surface area contributed by atoms with E-state index in [1.54, 1.807) is 0 Å². The zero-order valence-corrected chi connectivity index (χ0v) is 8.72. The average molecular weight is 233 g/mol. The van der Waals surface area contributed by atoms with Crippen molar-refractivity contribution in [3.8, 4) is 5.75 Å². The van der Waals surface area contributed by atoms with Crippen molar-refractivity contribution < 1.29 is 13.9 Å². The zero-order valence-electron chi connectivity index (χ0n) is 7.96. The molecule has 1 aromatic rings. The van der Waals surface area contributed by atoms with Crippen LogP contribution in [-0.2, 0) is 4.79 Å². The van der Waals surface area contributed by atoms with E-state index in [1.165, 1.54) is 13.2 Å². The Kier molecular flexibility index (Phi) is 3.49. The summed E-state index contributed by atoms with van der Waals surface area (Å²) < 4.78 is 18.2. The third-order valence-corrected chi connectivity index (χ3v) is 2.21. The number of nitrogens with two attached hydrogens (primary N) is 2.